The van der Waals surface area contributed by atoms with Crippen molar-refractivity contribution in [3.63, 3.8) is 0 Å². The van der Waals surface area contributed by atoms with Crippen molar-refractivity contribution >= 4 is 113 Å². The predicted molar refractivity (Wildman–Crippen MR) is 169 cm³/mol. The largest absolute Gasteiger partial charge is 0.479 e. The van der Waals surface area contributed by atoms with E-state index in [1.165, 1.54) is 69.3 Å². The van der Waals surface area contributed by atoms with Crippen molar-refractivity contribution in [3.05, 3.63) is 34.4 Å². The number of ether oxygens (including phenoxy) is 4. The molecule has 1 aromatic rings. The van der Waals surface area contributed by atoms with Crippen molar-refractivity contribution in [1.29, 1.82) is 0 Å². The van der Waals surface area contributed by atoms with Crippen LogP contribution in [0.4, 0.5) is 0 Å². The minimum Gasteiger partial charge on any atom is -0.479 e. The van der Waals surface area contributed by atoms with Gasteiger partial charge in [0.2, 0.25) is 17.5 Å². The van der Waals surface area contributed by atoms with Gasteiger partial charge in [0.15, 0.2) is 0 Å². The second kappa shape index (κ2) is 19.3. The van der Waals surface area contributed by atoms with Gasteiger partial charge in [0, 0.05) is 23.0 Å². The first-order valence-electron chi connectivity index (χ1n) is 10.7. The van der Waals surface area contributed by atoms with E-state index in [1.54, 1.807) is 0 Å². The van der Waals surface area contributed by atoms with Gasteiger partial charge in [0.05, 0.1) is 26.4 Å². The molecule has 0 fully saturated rings. The van der Waals surface area contributed by atoms with Crippen molar-refractivity contribution in [2.24, 2.45) is 0 Å². The summed E-state index contributed by atoms with van der Waals surface area (Å²) in [5.74, 6) is 2.81. The van der Waals surface area contributed by atoms with Gasteiger partial charge in [0.25, 0.3) is 0 Å². The van der Waals surface area contributed by atoms with Gasteiger partial charge in [-0.1, -0.05) is 59.2 Å². The fraction of sp³-hybridized carbons (Fsp3) is 0.545. The minimum atomic E-state index is 0.543. The van der Waals surface area contributed by atoms with Crippen LogP contribution in [0.5, 0.6) is 0 Å². The molecule has 1 rings (SSSR count). The zero-order valence-electron chi connectivity index (χ0n) is 19.7. The Kier molecular flexibility index (Phi) is 18.3. The molecular weight excluding hydrogens is 585 g/mol. The molecule has 34 heavy (non-hydrogen) atoms. The molecule has 0 spiro atoms. The standard InChI is InChI=1S/C22H30O4S8/c1-5-23-19(27)31-11-15-9-17(13-33-21(29)25-7-3)18(14-34-22(30)26-8-4)10-16(15)12-32-20(28)24-6-2/h9-10H,5-8,11-14H2,1-4H3. The first-order valence-corrected chi connectivity index (χ1v) is 16.2. The second-order valence-corrected chi connectivity index (χ2v) is 12.6. The lowest BCUT2D eigenvalue weighted by atomic mass is 10.0. The van der Waals surface area contributed by atoms with Gasteiger partial charge in [-0.3, -0.25) is 0 Å². The highest BCUT2D eigenvalue weighted by Gasteiger charge is 2.15. The molecule has 0 aliphatic rings. The van der Waals surface area contributed by atoms with E-state index in [0.29, 0.717) is 67.0 Å². The topological polar surface area (TPSA) is 36.9 Å². The van der Waals surface area contributed by atoms with E-state index in [4.69, 9.17) is 67.8 Å². The molecule has 0 saturated carbocycles. The van der Waals surface area contributed by atoms with Crippen LogP contribution in [0.15, 0.2) is 12.1 Å². The third-order valence-electron chi connectivity index (χ3n) is 3.95. The fourth-order valence-electron chi connectivity index (χ4n) is 2.51. The summed E-state index contributed by atoms with van der Waals surface area (Å²) in [5, 5.41) is 0. The Bertz CT molecular complexity index is 701. The highest BCUT2D eigenvalue weighted by Crippen LogP contribution is 2.31. The highest BCUT2D eigenvalue weighted by atomic mass is 32.2. The molecule has 0 atom stereocenters. The maximum atomic E-state index is 5.46. The van der Waals surface area contributed by atoms with Gasteiger partial charge in [-0.05, 0) is 98.8 Å². The summed E-state index contributed by atoms with van der Waals surface area (Å²) in [6.07, 6.45) is 0. The van der Waals surface area contributed by atoms with Crippen molar-refractivity contribution in [3.8, 4) is 0 Å². The summed E-state index contributed by atoms with van der Waals surface area (Å²) < 4.78 is 24.0. The fourth-order valence-corrected chi connectivity index (χ4v) is 6.67. The Balaban J connectivity index is 3.22. The molecule has 0 aliphatic heterocycles. The molecule has 0 N–H and O–H groups in total. The van der Waals surface area contributed by atoms with Crippen LogP contribution < -0.4 is 0 Å². The first kappa shape index (κ1) is 32.2. The third kappa shape index (κ3) is 13.5. The number of rotatable bonds is 12. The van der Waals surface area contributed by atoms with Crippen LogP contribution in [-0.4, -0.2) is 44.0 Å². The Morgan fingerprint density at radius 3 is 0.882 bits per heavy atom. The Labute approximate surface area is 242 Å². The van der Waals surface area contributed by atoms with E-state index in [1.807, 2.05) is 27.7 Å². The molecule has 0 amide bonds. The summed E-state index contributed by atoms with van der Waals surface area (Å²) in [6.45, 7) is 9.96. The van der Waals surface area contributed by atoms with Gasteiger partial charge >= 0.3 is 0 Å². The van der Waals surface area contributed by atoms with Gasteiger partial charge in [-0.2, -0.15) is 0 Å². The molecule has 0 radical (unpaired) electrons. The number of thiocarbonyl (C=S) groups is 4. The van der Waals surface area contributed by atoms with Crippen LogP contribution in [0.1, 0.15) is 49.9 Å². The predicted octanol–water partition coefficient (Wildman–Crippen LogP) is 7.91. The quantitative estimate of drug-likeness (QED) is 0.215. The average Bonchev–Trinajstić information content (AvgIpc) is 2.80. The van der Waals surface area contributed by atoms with E-state index < -0.39 is 0 Å². The minimum absolute atomic E-state index is 0.543. The summed E-state index contributed by atoms with van der Waals surface area (Å²) >= 11 is 27.4. The Morgan fingerprint density at radius 1 is 0.500 bits per heavy atom. The van der Waals surface area contributed by atoms with Crippen molar-refractivity contribution in [1.82, 2.24) is 0 Å². The monoisotopic (exact) mass is 614 g/mol. The molecule has 0 heterocycles. The average molecular weight is 615 g/mol. The third-order valence-corrected chi connectivity index (χ3v) is 9.07. The zero-order chi connectivity index (χ0) is 25.3. The Hall–Kier alpha value is 0.180. The van der Waals surface area contributed by atoms with E-state index in [9.17, 15) is 0 Å². The van der Waals surface area contributed by atoms with Crippen LogP contribution in [0.3, 0.4) is 0 Å². The summed E-state index contributed by atoms with van der Waals surface area (Å²) in [5.41, 5.74) is 4.71. The molecule has 0 saturated heterocycles. The molecule has 12 heteroatoms. The number of thioether (sulfide) groups is 4. The van der Waals surface area contributed by atoms with Gasteiger partial charge in [0.1, 0.15) is 0 Å². The summed E-state index contributed by atoms with van der Waals surface area (Å²) in [7, 11) is 0. The lowest BCUT2D eigenvalue weighted by Gasteiger charge is -2.17. The Morgan fingerprint density at radius 2 is 0.706 bits per heavy atom. The number of benzene rings is 1. The molecule has 4 nitrogen and oxygen atoms in total. The van der Waals surface area contributed by atoms with Crippen molar-refractivity contribution in [2.75, 3.05) is 26.4 Å². The molecular formula is C22H30O4S8. The molecule has 1 aromatic carbocycles. The van der Waals surface area contributed by atoms with Crippen molar-refractivity contribution in [2.45, 2.75) is 50.7 Å². The molecule has 0 bridgehead atoms. The number of hydrogen-bond acceptors (Lipinski definition) is 12. The van der Waals surface area contributed by atoms with Crippen LogP contribution in [0.2, 0.25) is 0 Å². The molecule has 0 aromatic heterocycles. The summed E-state index contributed by atoms with van der Waals surface area (Å²) in [4.78, 5) is 0. The van der Waals surface area contributed by atoms with Crippen LogP contribution in [0, 0.1) is 0 Å². The summed E-state index contributed by atoms with van der Waals surface area (Å²) in [6, 6.07) is 4.45. The van der Waals surface area contributed by atoms with Gasteiger partial charge in [-0.15, -0.1) is 0 Å². The molecule has 0 aliphatic carbocycles. The molecule has 190 valence electrons. The first-order chi connectivity index (χ1) is 16.3. The zero-order valence-corrected chi connectivity index (χ0v) is 26.2. The van der Waals surface area contributed by atoms with Crippen LogP contribution in [-0.2, 0) is 42.0 Å². The lowest BCUT2D eigenvalue weighted by molar-refractivity contribution is 0.346. The highest BCUT2D eigenvalue weighted by molar-refractivity contribution is 8.23. The van der Waals surface area contributed by atoms with Gasteiger partial charge < -0.3 is 18.9 Å². The SMILES string of the molecule is CCOC(=S)SCc1cc(CSC(=S)OCC)c(CSC(=S)OCC)cc1CSC(=S)OCC. The maximum absolute atomic E-state index is 5.46. The second-order valence-electron chi connectivity index (χ2n) is 6.28. The van der Waals surface area contributed by atoms with E-state index in [-0.39, 0.29) is 0 Å². The van der Waals surface area contributed by atoms with E-state index in [0.717, 1.165) is 0 Å². The molecule has 0 unspecified atom stereocenters. The number of hydrogen-bond donors (Lipinski definition) is 0. The smallest absolute Gasteiger partial charge is 0.220 e. The van der Waals surface area contributed by atoms with Gasteiger partial charge in [-0.25, -0.2) is 0 Å². The van der Waals surface area contributed by atoms with Crippen molar-refractivity contribution < 1.29 is 18.9 Å². The van der Waals surface area contributed by atoms with E-state index in [2.05, 4.69) is 12.1 Å². The van der Waals surface area contributed by atoms with Crippen LogP contribution in [0.25, 0.3) is 0 Å². The van der Waals surface area contributed by atoms with E-state index >= 15 is 0 Å². The van der Waals surface area contributed by atoms with Crippen LogP contribution >= 0.6 is 95.9 Å². The maximum Gasteiger partial charge on any atom is 0.220 e. The normalized spacial score (nSPS) is 10.5. The lowest BCUT2D eigenvalue weighted by Crippen LogP contribution is -2.05.